The van der Waals surface area contributed by atoms with Crippen molar-refractivity contribution in [2.45, 2.75) is 43.9 Å². The van der Waals surface area contributed by atoms with E-state index in [-0.39, 0.29) is 18.6 Å². The number of nitrogens with zero attached hydrogens (tertiary/aromatic N) is 2. The lowest BCUT2D eigenvalue weighted by Gasteiger charge is -2.23. The number of amides is 3. The van der Waals surface area contributed by atoms with Crippen molar-refractivity contribution in [2.75, 3.05) is 5.75 Å². The number of thiol groups is 1. The minimum Gasteiger partial charge on any atom is -0.480 e. The molecule has 0 fully saturated rings. The molecule has 14 heteroatoms. The van der Waals surface area contributed by atoms with E-state index in [1.165, 1.54) is 32.0 Å². The average molecular weight is 467 g/mol. The second kappa shape index (κ2) is 11.9. The lowest BCUT2D eigenvalue weighted by Crippen LogP contribution is -2.58. The molecule has 4 atom stereocenters. The molecule has 4 unspecified atom stereocenters. The summed E-state index contributed by atoms with van der Waals surface area (Å²) in [6.07, 6.45) is 6.15. The number of aromatic nitrogens is 4. The van der Waals surface area contributed by atoms with E-state index in [4.69, 9.17) is 10.8 Å². The number of imidazole rings is 2. The van der Waals surface area contributed by atoms with E-state index < -0.39 is 47.9 Å². The third-order valence-electron chi connectivity index (χ3n) is 4.49. The molecular weight excluding hydrogens is 440 g/mol. The average Bonchev–Trinajstić information content (AvgIpc) is 3.45. The number of H-pyrrole nitrogens is 2. The second-order valence-electron chi connectivity index (χ2n) is 7.04. The summed E-state index contributed by atoms with van der Waals surface area (Å²) in [5.74, 6) is -3.28. The van der Waals surface area contributed by atoms with Gasteiger partial charge in [-0.05, 0) is 6.92 Å². The van der Waals surface area contributed by atoms with Crippen LogP contribution in [-0.2, 0) is 32.0 Å². The van der Waals surface area contributed by atoms with Crippen LogP contribution in [0.2, 0.25) is 0 Å². The first-order chi connectivity index (χ1) is 15.2. The molecule has 32 heavy (non-hydrogen) atoms. The molecule has 2 rings (SSSR count). The molecule has 0 aliphatic carbocycles. The Morgan fingerprint density at radius 3 is 2.00 bits per heavy atom. The van der Waals surface area contributed by atoms with Gasteiger partial charge >= 0.3 is 5.97 Å². The Labute approximate surface area is 188 Å². The Balaban J connectivity index is 2.07. The van der Waals surface area contributed by atoms with Crippen molar-refractivity contribution in [1.82, 2.24) is 35.9 Å². The minimum atomic E-state index is -1.22. The van der Waals surface area contributed by atoms with E-state index in [1.54, 1.807) is 0 Å². The number of hydrogen-bond acceptors (Lipinski definition) is 8. The molecule has 0 bridgehead atoms. The molecule has 3 amide bonds. The van der Waals surface area contributed by atoms with Gasteiger partial charge in [-0.1, -0.05) is 0 Å². The maximum absolute atomic E-state index is 12.9. The molecular formula is C18H26N8O5S. The van der Waals surface area contributed by atoms with Gasteiger partial charge in [-0.2, -0.15) is 12.6 Å². The zero-order valence-electron chi connectivity index (χ0n) is 17.2. The number of nitrogens with two attached hydrogens (primary N) is 1. The summed E-state index contributed by atoms with van der Waals surface area (Å²) in [5.41, 5.74) is 7.17. The van der Waals surface area contributed by atoms with Gasteiger partial charge in [-0.3, -0.25) is 19.2 Å². The van der Waals surface area contributed by atoms with Crippen LogP contribution in [-0.4, -0.2) is 78.7 Å². The number of hydrogen-bond donors (Lipinski definition) is 8. The molecule has 0 saturated heterocycles. The maximum atomic E-state index is 12.9. The van der Waals surface area contributed by atoms with Gasteiger partial charge in [-0.15, -0.1) is 0 Å². The third kappa shape index (κ3) is 7.39. The molecule has 0 spiro atoms. The number of nitrogens with one attached hydrogen (secondary N) is 5. The van der Waals surface area contributed by atoms with Crippen LogP contribution < -0.4 is 21.7 Å². The Morgan fingerprint density at radius 1 is 0.969 bits per heavy atom. The largest absolute Gasteiger partial charge is 0.480 e. The van der Waals surface area contributed by atoms with Crippen LogP contribution in [0, 0.1) is 0 Å². The predicted octanol–water partition coefficient (Wildman–Crippen LogP) is -2.27. The van der Waals surface area contributed by atoms with E-state index in [0.717, 1.165) is 0 Å². The number of rotatable bonds is 12. The van der Waals surface area contributed by atoms with E-state index >= 15 is 0 Å². The van der Waals surface area contributed by atoms with Crippen LogP contribution in [0.5, 0.6) is 0 Å². The van der Waals surface area contributed by atoms with Crippen molar-refractivity contribution in [1.29, 1.82) is 0 Å². The number of aliphatic carboxylic acids is 1. The zero-order valence-corrected chi connectivity index (χ0v) is 18.1. The predicted molar refractivity (Wildman–Crippen MR) is 116 cm³/mol. The summed E-state index contributed by atoms with van der Waals surface area (Å²) in [6, 6.07) is -4.30. The topological polar surface area (TPSA) is 208 Å². The van der Waals surface area contributed by atoms with Crippen molar-refractivity contribution in [3.8, 4) is 0 Å². The Morgan fingerprint density at radius 2 is 1.50 bits per heavy atom. The molecule has 2 aromatic rings. The monoisotopic (exact) mass is 466 g/mol. The van der Waals surface area contributed by atoms with Crippen LogP contribution in [0.25, 0.3) is 0 Å². The van der Waals surface area contributed by atoms with E-state index in [9.17, 15) is 19.2 Å². The molecule has 0 saturated carbocycles. The summed E-state index contributed by atoms with van der Waals surface area (Å²) in [5, 5.41) is 16.3. The van der Waals surface area contributed by atoms with Gasteiger partial charge in [0.2, 0.25) is 17.7 Å². The molecule has 0 aliphatic heterocycles. The number of carbonyl (C=O) groups is 4. The van der Waals surface area contributed by atoms with Crippen molar-refractivity contribution in [3.05, 3.63) is 36.4 Å². The maximum Gasteiger partial charge on any atom is 0.325 e. The lowest BCUT2D eigenvalue weighted by atomic mass is 10.1. The number of carbonyl (C=O) groups excluding carboxylic acids is 3. The highest BCUT2D eigenvalue weighted by Gasteiger charge is 2.29. The van der Waals surface area contributed by atoms with Crippen molar-refractivity contribution < 1.29 is 24.3 Å². The Bertz CT molecular complexity index is 905. The highest BCUT2D eigenvalue weighted by molar-refractivity contribution is 7.80. The molecule has 0 aromatic carbocycles. The summed E-state index contributed by atoms with van der Waals surface area (Å²) < 4.78 is 0. The number of carboxylic acids is 1. The lowest BCUT2D eigenvalue weighted by molar-refractivity contribution is -0.141. The van der Waals surface area contributed by atoms with Crippen molar-refractivity contribution >= 4 is 36.3 Å². The van der Waals surface area contributed by atoms with Gasteiger partial charge in [0.25, 0.3) is 0 Å². The molecule has 0 radical (unpaired) electrons. The van der Waals surface area contributed by atoms with E-state index in [1.807, 2.05) is 0 Å². The summed E-state index contributed by atoms with van der Waals surface area (Å²) in [7, 11) is 0. The molecule has 2 heterocycles. The van der Waals surface area contributed by atoms with E-state index in [2.05, 4.69) is 48.5 Å². The Hall–Kier alpha value is -3.39. The van der Waals surface area contributed by atoms with Gasteiger partial charge in [0.15, 0.2) is 0 Å². The molecule has 8 N–H and O–H groups in total. The van der Waals surface area contributed by atoms with Crippen molar-refractivity contribution in [3.63, 3.8) is 0 Å². The fourth-order valence-electron chi connectivity index (χ4n) is 2.67. The fraction of sp³-hybridized carbons (Fsp3) is 0.444. The van der Waals surface area contributed by atoms with Crippen LogP contribution in [0.1, 0.15) is 18.3 Å². The van der Waals surface area contributed by atoms with Crippen LogP contribution >= 0.6 is 12.6 Å². The Kier molecular flexibility index (Phi) is 9.22. The standard InChI is InChI=1S/C18H26N8O5S/c1-9(18(30)31)24-17(29)14(6-32)26-16(28)13(3-11-5-21-8-23-11)25-15(27)12(19)2-10-4-20-7-22-10/h4-5,7-9,12-14,32H,2-3,6,19H2,1H3,(H,20,22)(H,21,23)(H,24,29)(H,25,27)(H,26,28)(H,30,31). The van der Waals surface area contributed by atoms with Crippen LogP contribution in [0.15, 0.2) is 25.0 Å². The highest BCUT2D eigenvalue weighted by atomic mass is 32.1. The highest BCUT2D eigenvalue weighted by Crippen LogP contribution is 2.03. The summed E-state index contributed by atoms with van der Waals surface area (Å²) in [6.45, 7) is 1.29. The summed E-state index contributed by atoms with van der Waals surface area (Å²) >= 11 is 4.06. The summed E-state index contributed by atoms with van der Waals surface area (Å²) in [4.78, 5) is 62.2. The van der Waals surface area contributed by atoms with E-state index in [0.29, 0.717) is 11.4 Å². The minimum absolute atomic E-state index is 0.0563. The SMILES string of the molecule is CC(NC(=O)C(CS)NC(=O)C(Cc1cnc[nH]1)NC(=O)C(N)Cc1cnc[nH]1)C(=O)O. The van der Waals surface area contributed by atoms with Crippen molar-refractivity contribution in [2.24, 2.45) is 5.73 Å². The first-order valence-corrected chi connectivity index (χ1v) is 10.3. The third-order valence-corrected chi connectivity index (χ3v) is 4.85. The molecule has 2 aromatic heterocycles. The first-order valence-electron chi connectivity index (χ1n) is 9.66. The molecule has 13 nitrogen and oxygen atoms in total. The quantitative estimate of drug-likeness (QED) is 0.160. The van der Waals surface area contributed by atoms with Crippen LogP contribution in [0.3, 0.4) is 0 Å². The normalized spacial score (nSPS) is 14.6. The smallest absolute Gasteiger partial charge is 0.325 e. The van der Waals surface area contributed by atoms with Gasteiger partial charge in [0.1, 0.15) is 18.1 Å². The van der Waals surface area contributed by atoms with Gasteiger partial charge in [0.05, 0.1) is 18.7 Å². The first kappa shape index (κ1) is 24.9. The number of aromatic amines is 2. The van der Waals surface area contributed by atoms with Gasteiger partial charge < -0.3 is 36.8 Å². The van der Waals surface area contributed by atoms with Gasteiger partial charge in [0, 0.05) is 42.4 Å². The molecule has 174 valence electrons. The second-order valence-corrected chi connectivity index (χ2v) is 7.41. The fourth-order valence-corrected chi connectivity index (χ4v) is 2.93. The van der Waals surface area contributed by atoms with Gasteiger partial charge in [-0.25, -0.2) is 9.97 Å². The molecule has 0 aliphatic rings. The number of carboxylic acid groups (broad SMARTS) is 1. The zero-order chi connectivity index (χ0) is 23.7. The van der Waals surface area contributed by atoms with Crippen LogP contribution in [0.4, 0.5) is 0 Å².